The van der Waals surface area contributed by atoms with Gasteiger partial charge in [-0.05, 0) is 42.3 Å². The van der Waals surface area contributed by atoms with Crippen LogP contribution >= 0.6 is 23.4 Å². The lowest BCUT2D eigenvalue weighted by Crippen LogP contribution is -2.33. The number of hydrogen-bond acceptors (Lipinski definition) is 4. The first-order valence-corrected chi connectivity index (χ1v) is 12.6. The van der Waals surface area contributed by atoms with Crippen LogP contribution in [0, 0.1) is 0 Å². The Morgan fingerprint density at radius 3 is 2.59 bits per heavy atom. The zero-order valence-electron chi connectivity index (χ0n) is 18.9. The largest absolute Gasteiger partial charge is 0.351 e. The standard InChI is InChI=1S/C27H26ClN3O2S/c1-2-3-16-24(25(32)29-18-19-10-5-4-6-11-19)34-27-30-23-15-8-7-14-22(23)26(33)31(27)21-13-9-12-20(28)17-21/h4-15,17,24H,2-3,16,18H2,1H3,(H,29,32). The molecule has 0 fully saturated rings. The highest BCUT2D eigenvalue weighted by Crippen LogP contribution is 2.29. The second-order valence-electron chi connectivity index (χ2n) is 7.98. The summed E-state index contributed by atoms with van der Waals surface area (Å²) in [5.41, 5.74) is 2.08. The van der Waals surface area contributed by atoms with E-state index in [1.807, 2.05) is 54.6 Å². The molecule has 5 nitrogen and oxygen atoms in total. The summed E-state index contributed by atoms with van der Waals surface area (Å²) in [5, 5.41) is 4.18. The molecule has 3 aromatic carbocycles. The summed E-state index contributed by atoms with van der Waals surface area (Å²) in [4.78, 5) is 31.5. The lowest BCUT2D eigenvalue weighted by Gasteiger charge is -2.19. The van der Waals surface area contributed by atoms with Crippen molar-refractivity contribution in [3.8, 4) is 5.69 Å². The molecule has 0 radical (unpaired) electrons. The number of thioether (sulfide) groups is 1. The monoisotopic (exact) mass is 491 g/mol. The van der Waals surface area contributed by atoms with Crippen molar-refractivity contribution >= 4 is 40.2 Å². The quantitative estimate of drug-likeness (QED) is 0.230. The van der Waals surface area contributed by atoms with Crippen LogP contribution in [0.2, 0.25) is 5.02 Å². The van der Waals surface area contributed by atoms with Crippen LogP contribution in [0.25, 0.3) is 16.6 Å². The van der Waals surface area contributed by atoms with Gasteiger partial charge in [-0.1, -0.05) is 91.7 Å². The number of nitrogens with one attached hydrogen (secondary N) is 1. The zero-order chi connectivity index (χ0) is 23.9. The van der Waals surface area contributed by atoms with Gasteiger partial charge in [0, 0.05) is 11.6 Å². The minimum atomic E-state index is -0.387. The average molecular weight is 492 g/mol. The Morgan fingerprint density at radius 2 is 1.82 bits per heavy atom. The molecule has 34 heavy (non-hydrogen) atoms. The Labute approximate surface area is 208 Å². The summed E-state index contributed by atoms with van der Waals surface area (Å²) in [7, 11) is 0. The van der Waals surface area contributed by atoms with Crippen molar-refractivity contribution in [1.29, 1.82) is 0 Å². The van der Waals surface area contributed by atoms with Crippen LogP contribution < -0.4 is 10.9 Å². The second-order valence-corrected chi connectivity index (χ2v) is 9.59. The van der Waals surface area contributed by atoms with E-state index in [2.05, 4.69) is 12.2 Å². The van der Waals surface area contributed by atoms with Crippen molar-refractivity contribution in [2.45, 2.75) is 43.1 Å². The van der Waals surface area contributed by atoms with Crippen molar-refractivity contribution in [3.05, 3.63) is 99.8 Å². The molecule has 1 aromatic heterocycles. The lowest BCUT2D eigenvalue weighted by atomic mass is 10.2. The molecule has 1 N–H and O–H groups in total. The molecule has 0 saturated heterocycles. The Balaban J connectivity index is 1.71. The fourth-order valence-corrected chi connectivity index (χ4v) is 5.05. The van der Waals surface area contributed by atoms with E-state index in [1.165, 1.54) is 11.8 Å². The van der Waals surface area contributed by atoms with Gasteiger partial charge in [-0.2, -0.15) is 0 Å². The third-order valence-electron chi connectivity index (χ3n) is 5.48. The van der Waals surface area contributed by atoms with Gasteiger partial charge >= 0.3 is 0 Å². The Kier molecular flexibility index (Phi) is 8.03. The van der Waals surface area contributed by atoms with E-state index < -0.39 is 0 Å². The van der Waals surface area contributed by atoms with E-state index in [0.29, 0.717) is 39.7 Å². The minimum absolute atomic E-state index is 0.0673. The number of unbranched alkanes of at least 4 members (excludes halogenated alkanes) is 1. The molecule has 0 saturated carbocycles. The van der Waals surface area contributed by atoms with Crippen LogP contribution in [-0.4, -0.2) is 20.7 Å². The van der Waals surface area contributed by atoms with Gasteiger partial charge in [-0.15, -0.1) is 0 Å². The number of para-hydroxylation sites is 1. The highest BCUT2D eigenvalue weighted by Gasteiger charge is 2.23. The van der Waals surface area contributed by atoms with Gasteiger partial charge in [-0.3, -0.25) is 14.2 Å². The van der Waals surface area contributed by atoms with Gasteiger partial charge in [-0.25, -0.2) is 4.98 Å². The van der Waals surface area contributed by atoms with Crippen LogP contribution in [0.5, 0.6) is 0 Å². The van der Waals surface area contributed by atoms with E-state index in [1.54, 1.807) is 28.8 Å². The molecule has 0 aliphatic rings. The summed E-state index contributed by atoms with van der Waals surface area (Å²) in [5.74, 6) is -0.0673. The van der Waals surface area contributed by atoms with E-state index >= 15 is 0 Å². The Hall–Kier alpha value is -3.09. The summed E-state index contributed by atoms with van der Waals surface area (Å²) in [6.45, 7) is 2.55. The smallest absolute Gasteiger partial charge is 0.266 e. The molecule has 1 atom stereocenters. The second kappa shape index (κ2) is 11.4. The third kappa shape index (κ3) is 5.69. The topological polar surface area (TPSA) is 64.0 Å². The molecule has 0 spiro atoms. The van der Waals surface area contributed by atoms with Gasteiger partial charge < -0.3 is 5.32 Å². The average Bonchev–Trinajstić information content (AvgIpc) is 2.86. The predicted molar refractivity (Wildman–Crippen MR) is 140 cm³/mol. The van der Waals surface area contributed by atoms with Gasteiger partial charge in [0.1, 0.15) is 0 Å². The fourth-order valence-electron chi connectivity index (χ4n) is 3.69. The zero-order valence-corrected chi connectivity index (χ0v) is 20.5. The summed E-state index contributed by atoms with van der Waals surface area (Å²) in [6.07, 6.45) is 2.54. The molecular formula is C27H26ClN3O2S. The van der Waals surface area contributed by atoms with Crippen LogP contribution in [-0.2, 0) is 11.3 Å². The molecule has 4 rings (SSSR count). The molecule has 1 amide bonds. The number of hydrogen-bond donors (Lipinski definition) is 1. The number of fused-ring (bicyclic) bond motifs is 1. The van der Waals surface area contributed by atoms with Crippen molar-refractivity contribution in [3.63, 3.8) is 0 Å². The Morgan fingerprint density at radius 1 is 1.06 bits per heavy atom. The van der Waals surface area contributed by atoms with Crippen LogP contribution in [0.1, 0.15) is 31.7 Å². The molecule has 1 heterocycles. The third-order valence-corrected chi connectivity index (χ3v) is 6.93. The maximum absolute atomic E-state index is 13.5. The first-order chi connectivity index (χ1) is 16.6. The number of carbonyl (C=O) groups excluding carboxylic acids is 1. The number of nitrogens with zero attached hydrogens (tertiary/aromatic N) is 2. The van der Waals surface area contributed by atoms with Crippen molar-refractivity contribution in [2.75, 3.05) is 0 Å². The summed E-state index contributed by atoms with van der Waals surface area (Å²) < 4.78 is 1.56. The predicted octanol–water partition coefficient (Wildman–Crippen LogP) is 6.01. The number of halogens is 1. The van der Waals surface area contributed by atoms with Gasteiger partial charge in [0.15, 0.2) is 5.16 Å². The molecule has 4 aromatic rings. The lowest BCUT2D eigenvalue weighted by molar-refractivity contribution is -0.120. The van der Waals surface area contributed by atoms with Gasteiger partial charge in [0.05, 0.1) is 21.8 Å². The normalized spacial score (nSPS) is 11.9. The van der Waals surface area contributed by atoms with Crippen LogP contribution in [0.15, 0.2) is 88.8 Å². The highest BCUT2D eigenvalue weighted by molar-refractivity contribution is 8.00. The van der Waals surface area contributed by atoms with Crippen molar-refractivity contribution < 1.29 is 4.79 Å². The molecule has 0 bridgehead atoms. The van der Waals surface area contributed by atoms with Crippen molar-refractivity contribution in [2.24, 2.45) is 0 Å². The highest BCUT2D eigenvalue weighted by atomic mass is 35.5. The van der Waals surface area contributed by atoms with E-state index in [9.17, 15) is 9.59 Å². The SMILES string of the molecule is CCCCC(Sc1nc2ccccc2c(=O)n1-c1cccc(Cl)c1)C(=O)NCc1ccccc1. The molecule has 1 unspecified atom stereocenters. The van der Waals surface area contributed by atoms with Crippen LogP contribution in [0.4, 0.5) is 0 Å². The van der Waals surface area contributed by atoms with Gasteiger partial charge in [0.2, 0.25) is 5.91 Å². The number of aromatic nitrogens is 2. The molecular weight excluding hydrogens is 466 g/mol. The van der Waals surface area contributed by atoms with E-state index in [-0.39, 0.29) is 16.7 Å². The summed E-state index contributed by atoms with van der Waals surface area (Å²) >= 11 is 7.56. The number of amides is 1. The maximum Gasteiger partial charge on any atom is 0.266 e. The maximum atomic E-state index is 13.5. The number of carbonyl (C=O) groups is 1. The van der Waals surface area contributed by atoms with E-state index in [0.717, 1.165) is 18.4 Å². The Bertz CT molecular complexity index is 1340. The first kappa shape index (κ1) is 24.0. The number of benzene rings is 3. The fraction of sp³-hybridized carbons (Fsp3) is 0.222. The molecule has 174 valence electrons. The molecule has 7 heteroatoms. The summed E-state index contributed by atoms with van der Waals surface area (Å²) in [6, 6.07) is 24.2. The first-order valence-electron chi connectivity index (χ1n) is 11.3. The molecule has 0 aliphatic carbocycles. The van der Waals surface area contributed by atoms with Crippen LogP contribution in [0.3, 0.4) is 0 Å². The number of rotatable bonds is 9. The molecule has 0 aliphatic heterocycles. The minimum Gasteiger partial charge on any atom is -0.351 e. The van der Waals surface area contributed by atoms with E-state index in [4.69, 9.17) is 16.6 Å². The van der Waals surface area contributed by atoms with Crippen molar-refractivity contribution in [1.82, 2.24) is 14.9 Å². The van der Waals surface area contributed by atoms with Gasteiger partial charge in [0.25, 0.3) is 5.56 Å².